The zero-order valence-electron chi connectivity index (χ0n) is 8.71. The van der Waals surface area contributed by atoms with Crippen LogP contribution in [0.25, 0.3) is 0 Å². The normalized spacial score (nSPS) is 9.88. The van der Waals surface area contributed by atoms with Crippen molar-refractivity contribution >= 4 is 11.9 Å². The molecule has 0 aliphatic rings. The molecule has 0 spiro atoms. The second-order valence-electron chi connectivity index (χ2n) is 2.79. The highest BCUT2D eigenvalue weighted by Crippen LogP contribution is 1.91. The summed E-state index contributed by atoms with van der Waals surface area (Å²) in [5, 5.41) is 11.0. The van der Waals surface area contributed by atoms with Crippen molar-refractivity contribution in [1.82, 2.24) is 25.6 Å². The summed E-state index contributed by atoms with van der Waals surface area (Å²) in [6.45, 7) is 1.85. The van der Waals surface area contributed by atoms with E-state index in [1.165, 1.54) is 0 Å². The van der Waals surface area contributed by atoms with Crippen LogP contribution in [-0.2, 0) is 27.3 Å². The molecule has 16 heavy (non-hydrogen) atoms. The zero-order chi connectivity index (χ0) is 12.0. The van der Waals surface area contributed by atoms with Gasteiger partial charge in [0.15, 0.2) is 5.82 Å². The lowest BCUT2D eigenvalue weighted by molar-refractivity contribution is -0.142. The topological polar surface area (TPSA) is 125 Å². The van der Waals surface area contributed by atoms with Gasteiger partial charge in [0.05, 0.1) is 6.61 Å². The van der Waals surface area contributed by atoms with Crippen LogP contribution in [-0.4, -0.2) is 38.7 Å². The third kappa shape index (κ3) is 3.61. The van der Waals surface area contributed by atoms with Gasteiger partial charge in [0.2, 0.25) is 0 Å². The summed E-state index contributed by atoms with van der Waals surface area (Å²) < 4.78 is 4.70. The Labute approximate surface area is 90.9 Å². The van der Waals surface area contributed by atoms with E-state index >= 15 is 0 Å². The van der Waals surface area contributed by atoms with Gasteiger partial charge in [-0.3, -0.25) is 15.0 Å². The number of carbonyl (C=O) groups excluding carboxylic acids is 2. The van der Waals surface area contributed by atoms with Crippen molar-refractivity contribution in [2.24, 2.45) is 5.84 Å². The van der Waals surface area contributed by atoms with Crippen LogP contribution in [0.5, 0.6) is 0 Å². The molecule has 0 saturated heterocycles. The molecule has 0 aromatic carbocycles. The van der Waals surface area contributed by atoms with E-state index in [-0.39, 0.29) is 18.8 Å². The minimum atomic E-state index is -0.458. The molecule has 0 fully saturated rings. The molecule has 1 amide bonds. The Morgan fingerprint density at radius 1 is 1.56 bits per heavy atom. The Kier molecular flexibility index (Phi) is 4.33. The van der Waals surface area contributed by atoms with Crippen LogP contribution in [0.1, 0.15) is 12.7 Å². The highest BCUT2D eigenvalue weighted by atomic mass is 16.5. The molecule has 0 unspecified atom stereocenters. The van der Waals surface area contributed by atoms with Gasteiger partial charge in [-0.2, -0.15) is 4.80 Å². The zero-order valence-corrected chi connectivity index (χ0v) is 8.71. The number of nitrogens with zero attached hydrogens (tertiary/aromatic N) is 4. The lowest BCUT2D eigenvalue weighted by Gasteiger charge is -1.97. The number of carbonyl (C=O) groups is 2. The minimum Gasteiger partial charge on any atom is -0.466 e. The standard InChI is InChI=1S/C7H12N6O3/c1-2-16-7(15)3-5-10-12-13(11-5)4-6(14)9-8/h2-4,8H2,1H3,(H,9,14). The molecular weight excluding hydrogens is 216 g/mol. The van der Waals surface area contributed by atoms with Crippen LogP contribution >= 0.6 is 0 Å². The molecule has 9 heteroatoms. The van der Waals surface area contributed by atoms with Gasteiger partial charge < -0.3 is 4.74 Å². The Morgan fingerprint density at radius 3 is 2.94 bits per heavy atom. The molecule has 3 N–H and O–H groups in total. The largest absolute Gasteiger partial charge is 0.466 e. The fourth-order valence-corrected chi connectivity index (χ4v) is 0.929. The molecule has 1 rings (SSSR count). The predicted molar refractivity (Wildman–Crippen MR) is 50.5 cm³/mol. The van der Waals surface area contributed by atoms with E-state index in [9.17, 15) is 9.59 Å². The molecule has 88 valence electrons. The monoisotopic (exact) mass is 228 g/mol. The fraction of sp³-hybridized carbons (Fsp3) is 0.571. The number of hydrogen-bond acceptors (Lipinski definition) is 7. The van der Waals surface area contributed by atoms with Crippen molar-refractivity contribution in [2.45, 2.75) is 19.9 Å². The smallest absolute Gasteiger partial charge is 0.313 e. The highest BCUT2D eigenvalue weighted by molar-refractivity contribution is 5.74. The molecule has 0 aliphatic carbocycles. The Balaban J connectivity index is 2.51. The predicted octanol–water partition coefficient (Wildman–Crippen LogP) is -2.23. The molecular formula is C7H12N6O3. The fourth-order valence-electron chi connectivity index (χ4n) is 0.929. The average Bonchev–Trinajstić information content (AvgIpc) is 2.65. The number of tetrazole rings is 1. The second-order valence-corrected chi connectivity index (χ2v) is 2.79. The minimum absolute atomic E-state index is 0.0713. The van der Waals surface area contributed by atoms with Crippen LogP contribution < -0.4 is 11.3 Å². The summed E-state index contributed by atoms with van der Waals surface area (Å²) in [4.78, 5) is 23.0. The van der Waals surface area contributed by atoms with Crippen molar-refractivity contribution in [3.63, 3.8) is 0 Å². The summed E-state index contributed by atoms with van der Waals surface area (Å²) >= 11 is 0. The van der Waals surface area contributed by atoms with E-state index in [0.717, 1.165) is 4.80 Å². The SMILES string of the molecule is CCOC(=O)Cc1nnn(CC(=O)NN)n1. The Morgan fingerprint density at radius 2 is 2.31 bits per heavy atom. The molecule has 0 atom stereocenters. The Hall–Kier alpha value is -2.03. The van der Waals surface area contributed by atoms with Crippen molar-refractivity contribution < 1.29 is 14.3 Å². The van der Waals surface area contributed by atoms with E-state index in [0.29, 0.717) is 6.61 Å². The molecule has 1 heterocycles. The number of rotatable bonds is 5. The summed E-state index contributed by atoms with van der Waals surface area (Å²) in [6.07, 6.45) is -0.0713. The van der Waals surface area contributed by atoms with Gasteiger partial charge in [-0.15, -0.1) is 10.2 Å². The first-order valence-electron chi connectivity index (χ1n) is 4.57. The second kappa shape index (κ2) is 5.75. The quantitative estimate of drug-likeness (QED) is 0.253. The number of hydrogen-bond donors (Lipinski definition) is 2. The van der Waals surface area contributed by atoms with Crippen molar-refractivity contribution in [3.8, 4) is 0 Å². The van der Waals surface area contributed by atoms with Gasteiger partial charge in [0, 0.05) is 0 Å². The third-order valence-corrected chi connectivity index (χ3v) is 1.55. The van der Waals surface area contributed by atoms with Crippen LogP contribution in [0.3, 0.4) is 0 Å². The van der Waals surface area contributed by atoms with Crippen molar-refractivity contribution in [3.05, 3.63) is 5.82 Å². The van der Waals surface area contributed by atoms with Crippen LogP contribution in [0.15, 0.2) is 0 Å². The number of nitrogens with two attached hydrogens (primary N) is 1. The maximum atomic E-state index is 11.1. The summed E-state index contributed by atoms with van der Waals surface area (Å²) in [7, 11) is 0. The molecule has 0 aliphatic heterocycles. The highest BCUT2D eigenvalue weighted by Gasteiger charge is 2.11. The van der Waals surface area contributed by atoms with Crippen LogP contribution in [0, 0.1) is 0 Å². The molecule has 9 nitrogen and oxygen atoms in total. The summed E-state index contributed by atoms with van der Waals surface area (Å²) in [5.41, 5.74) is 1.92. The van der Waals surface area contributed by atoms with Crippen molar-refractivity contribution in [2.75, 3.05) is 6.61 Å². The number of ether oxygens (including phenoxy) is 1. The molecule has 0 bridgehead atoms. The van der Waals surface area contributed by atoms with Crippen molar-refractivity contribution in [1.29, 1.82) is 0 Å². The molecule has 0 saturated carbocycles. The van der Waals surface area contributed by atoms with E-state index in [4.69, 9.17) is 10.6 Å². The maximum Gasteiger partial charge on any atom is 0.313 e. The van der Waals surface area contributed by atoms with E-state index < -0.39 is 11.9 Å². The number of hydrazine groups is 1. The molecule has 1 aromatic rings. The lowest BCUT2D eigenvalue weighted by Crippen LogP contribution is -2.33. The molecule has 1 aromatic heterocycles. The first-order chi connectivity index (χ1) is 7.65. The van der Waals surface area contributed by atoms with Crippen LogP contribution in [0.4, 0.5) is 0 Å². The van der Waals surface area contributed by atoms with E-state index in [1.807, 2.05) is 5.43 Å². The first-order valence-corrected chi connectivity index (χ1v) is 4.57. The van der Waals surface area contributed by atoms with Crippen LogP contribution in [0.2, 0.25) is 0 Å². The first kappa shape index (κ1) is 12.0. The summed E-state index contributed by atoms with van der Waals surface area (Å²) in [5.74, 6) is 4.18. The van der Waals surface area contributed by atoms with Gasteiger partial charge in [-0.25, -0.2) is 5.84 Å². The van der Waals surface area contributed by atoms with E-state index in [2.05, 4.69) is 15.4 Å². The summed E-state index contributed by atoms with van der Waals surface area (Å²) in [6, 6.07) is 0. The van der Waals surface area contributed by atoms with Gasteiger partial charge in [-0.05, 0) is 12.1 Å². The maximum absolute atomic E-state index is 11.1. The average molecular weight is 228 g/mol. The number of amides is 1. The van der Waals surface area contributed by atoms with Gasteiger partial charge >= 0.3 is 5.97 Å². The number of nitrogens with one attached hydrogen (secondary N) is 1. The van der Waals surface area contributed by atoms with Gasteiger partial charge in [0.25, 0.3) is 5.91 Å². The van der Waals surface area contributed by atoms with Gasteiger partial charge in [-0.1, -0.05) is 0 Å². The van der Waals surface area contributed by atoms with Gasteiger partial charge in [0.1, 0.15) is 13.0 Å². The third-order valence-electron chi connectivity index (χ3n) is 1.55. The molecule has 0 radical (unpaired) electrons. The Bertz CT molecular complexity index is 376. The number of esters is 1. The van der Waals surface area contributed by atoms with E-state index in [1.54, 1.807) is 6.92 Å². The lowest BCUT2D eigenvalue weighted by atomic mass is 10.4. The number of aromatic nitrogens is 4.